The molecule has 2 heterocycles. The molecule has 1 N–H and O–H groups in total. The monoisotopic (exact) mass is 330 g/mol. The fourth-order valence-electron chi connectivity index (χ4n) is 2.24. The van der Waals surface area contributed by atoms with Crippen molar-refractivity contribution in [3.8, 4) is 5.69 Å². The molecule has 0 bridgehead atoms. The number of benzene rings is 1. The lowest BCUT2D eigenvalue weighted by Crippen LogP contribution is -2.23. The highest BCUT2D eigenvalue weighted by atomic mass is 32.1. The number of hydrogen-bond acceptors (Lipinski definition) is 4. The number of hydrogen-bond donors (Lipinski definition) is 1. The van der Waals surface area contributed by atoms with Crippen molar-refractivity contribution in [2.45, 2.75) is 20.4 Å². The molecule has 0 fully saturated rings. The number of amides is 1. The van der Waals surface area contributed by atoms with Crippen LogP contribution in [0, 0.1) is 19.7 Å². The van der Waals surface area contributed by atoms with Crippen molar-refractivity contribution in [1.82, 2.24) is 20.3 Å². The first-order valence-corrected chi connectivity index (χ1v) is 7.93. The number of nitrogens with one attached hydrogen (secondary N) is 1. The van der Waals surface area contributed by atoms with Crippen molar-refractivity contribution in [2.24, 2.45) is 0 Å². The van der Waals surface area contributed by atoms with E-state index in [1.807, 2.05) is 24.4 Å². The summed E-state index contributed by atoms with van der Waals surface area (Å²) in [4.78, 5) is 13.3. The van der Waals surface area contributed by atoms with Gasteiger partial charge in [0.1, 0.15) is 5.82 Å². The molecule has 5 nitrogen and oxygen atoms in total. The van der Waals surface area contributed by atoms with Crippen LogP contribution in [0.5, 0.6) is 0 Å². The number of thiophene rings is 1. The van der Waals surface area contributed by atoms with Gasteiger partial charge in [0.15, 0.2) is 5.69 Å². The van der Waals surface area contributed by atoms with E-state index in [0.717, 1.165) is 10.4 Å². The molecule has 0 atom stereocenters. The van der Waals surface area contributed by atoms with E-state index in [4.69, 9.17) is 0 Å². The second-order valence-electron chi connectivity index (χ2n) is 5.13. The predicted octanol–water partition coefficient (Wildman–Crippen LogP) is 3.01. The third-order valence-electron chi connectivity index (χ3n) is 3.51. The molecule has 0 aliphatic carbocycles. The second-order valence-corrected chi connectivity index (χ2v) is 6.16. The van der Waals surface area contributed by atoms with Gasteiger partial charge in [-0.05, 0) is 43.0 Å². The maximum Gasteiger partial charge on any atom is 0.274 e. The SMILES string of the molecule is Cc1ccc(F)cc1-n1nnc(C(=O)NCc2cccs2)c1C. The van der Waals surface area contributed by atoms with Crippen LogP contribution in [0.4, 0.5) is 4.39 Å². The quantitative estimate of drug-likeness (QED) is 0.800. The van der Waals surface area contributed by atoms with Crippen molar-refractivity contribution in [3.05, 3.63) is 63.4 Å². The van der Waals surface area contributed by atoms with Gasteiger partial charge < -0.3 is 5.32 Å². The Balaban J connectivity index is 1.84. The lowest BCUT2D eigenvalue weighted by molar-refractivity contribution is 0.0945. The molecule has 0 radical (unpaired) electrons. The molecule has 3 aromatic rings. The predicted molar refractivity (Wildman–Crippen MR) is 86.3 cm³/mol. The number of carbonyl (C=O) groups is 1. The minimum atomic E-state index is -0.357. The molecule has 0 aliphatic heterocycles. The number of rotatable bonds is 4. The third kappa shape index (κ3) is 3.14. The van der Waals surface area contributed by atoms with Crippen LogP contribution in [0.1, 0.15) is 26.6 Å². The van der Waals surface area contributed by atoms with Crippen molar-refractivity contribution >= 4 is 17.2 Å². The molecule has 0 saturated carbocycles. The van der Waals surface area contributed by atoms with Gasteiger partial charge in [-0.3, -0.25) is 4.79 Å². The zero-order valence-electron chi connectivity index (χ0n) is 12.7. The van der Waals surface area contributed by atoms with Crippen LogP contribution in [0.15, 0.2) is 35.7 Å². The average molecular weight is 330 g/mol. The van der Waals surface area contributed by atoms with Crippen molar-refractivity contribution in [3.63, 3.8) is 0 Å². The van der Waals surface area contributed by atoms with E-state index < -0.39 is 0 Å². The molecule has 2 aromatic heterocycles. The van der Waals surface area contributed by atoms with Crippen LogP contribution in [-0.2, 0) is 6.54 Å². The van der Waals surface area contributed by atoms with Gasteiger partial charge in [0.25, 0.3) is 5.91 Å². The van der Waals surface area contributed by atoms with Crippen LogP contribution in [0.25, 0.3) is 5.69 Å². The Morgan fingerprint density at radius 3 is 2.91 bits per heavy atom. The van der Waals surface area contributed by atoms with Gasteiger partial charge in [0.2, 0.25) is 0 Å². The minimum Gasteiger partial charge on any atom is -0.346 e. The molecule has 7 heteroatoms. The molecule has 0 aliphatic rings. The van der Waals surface area contributed by atoms with Crippen LogP contribution in [0.3, 0.4) is 0 Å². The third-order valence-corrected chi connectivity index (χ3v) is 4.39. The summed E-state index contributed by atoms with van der Waals surface area (Å²) in [6, 6.07) is 8.32. The smallest absolute Gasteiger partial charge is 0.274 e. The number of carbonyl (C=O) groups excluding carboxylic acids is 1. The lowest BCUT2D eigenvalue weighted by Gasteiger charge is -2.07. The number of aromatic nitrogens is 3. The summed E-state index contributed by atoms with van der Waals surface area (Å²) < 4.78 is 15.0. The summed E-state index contributed by atoms with van der Waals surface area (Å²) in [7, 11) is 0. The van der Waals surface area contributed by atoms with Gasteiger partial charge >= 0.3 is 0 Å². The average Bonchev–Trinajstić information content (AvgIpc) is 3.17. The van der Waals surface area contributed by atoms with Gasteiger partial charge in [0, 0.05) is 4.88 Å². The number of nitrogens with zero attached hydrogens (tertiary/aromatic N) is 3. The number of aryl methyl sites for hydroxylation is 1. The summed E-state index contributed by atoms with van der Waals surface area (Å²) in [5, 5.41) is 12.7. The zero-order chi connectivity index (χ0) is 16.4. The van der Waals surface area contributed by atoms with E-state index in [0.29, 0.717) is 17.9 Å². The van der Waals surface area contributed by atoms with E-state index >= 15 is 0 Å². The highest BCUT2D eigenvalue weighted by Gasteiger charge is 2.18. The molecular formula is C16H15FN4OS. The van der Waals surface area contributed by atoms with Gasteiger partial charge in [0.05, 0.1) is 17.9 Å². The van der Waals surface area contributed by atoms with Gasteiger partial charge in [-0.15, -0.1) is 16.4 Å². The van der Waals surface area contributed by atoms with Crippen LogP contribution in [0.2, 0.25) is 0 Å². The molecule has 118 valence electrons. The van der Waals surface area contributed by atoms with E-state index in [9.17, 15) is 9.18 Å². The van der Waals surface area contributed by atoms with Crippen molar-refractivity contribution in [2.75, 3.05) is 0 Å². The first-order chi connectivity index (χ1) is 11.1. The van der Waals surface area contributed by atoms with Crippen LogP contribution >= 0.6 is 11.3 Å². The Kier molecular flexibility index (Phi) is 4.20. The lowest BCUT2D eigenvalue weighted by atomic mass is 10.2. The molecular weight excluding hydrogens is 315 g/mol. The first-order valence-electron chi connectivity index (χ1n) is 7.05. The largest absolute Gasteiger partial charge is 0.346 e. The minimum absolute atomic E-state index is 0.241. The van der Waals surface area contributed by atoms with Crippen molar-refractivity contribution < 1.29 is 9.18 Å². The summed E-state index contributed by atoms with van der Waals surface area (Å²) in [5.41, 5.74) is 2.24. The normalized spacial score (nSPS) is 10.7. The summed E-state index contributed by atoms with van der Waals surface area (Å²) in [5.74, 6) is -0.652. The fraction of sp³-hybridized carbons (Fsp3) is 0.188. The molecule has 3 rings (SSSR count). The Bertz CT molecular complexity index is 842. The summed E-state index contributed by atoms with van der Waals surface area (Å²) in [6.45, 7) is 4.04. The molecule has 0 spiro atoms. The highest BCUT2D eigenvalue weighted by molar-refractivity contribution is 7.09. The highest BCUT2D eigenvalue weighted by Crippen LogP contribution is 2.18. The van der Waals surface area contributed by atoms with E-state index in [2.05, 4.69) is 15.6 Å². The maximum absolute atomic E-state index is 13.5. The van der Waals surface area contributed by atoms with E-state index in [1.54, 1.807) is 24.3 Å². The Morgan fingerprint density at radius 2 is 2.17 bits per heavy atom. The second kappa shape index (κ2) is 6.29. The maximum atomic E-state index is 13.5. The summed E-state index contributed by atoms with van der Waals surface area (Å²) in [6.07, 6.45) is 0. The van der Waals surface area contributed by atoms with Gasteiger partial charge in [-0.2, -0.15) is 0 Å². The van der Waals surface area contributed by atoms with E-state index in [-0.39, 0.29) is 17.4 Å². The summed E-state index contributed by atoms with van der Waals surface area (Å²) >= 11 is 1.57. The molecule has 23 heavy (non-hydrogen) atoms. The fourth-order valence-corrected chi connectivity index (χ4v) is 2.89. The Labute approximate surface area is 136 Å². The zero-order valence-corrected chi connectivity index (χ0v) is 13.5. The molecule has 0 saturated heterocycles. The Hall–Kier alpha value is -2.54. The first kappa shape index (κ1) is 15.4. The van der Waals surface area contributed by atoms with Crippen molar-refractivity contribution in [1.29, 1.82) is 0 Å². The topological polar surface area (TPSA) is 59.8 Å². The molecule has 1 amide bonds. The van der Waals surface area contributed by atoms with Crippen LogP contribution in [-0.4, -0.2) is 20.9 Å². The van der Waals surface area contributed by atoms with Gasteiger partial charge in [-0.1, -0.05) is 17.3 Å². The van der Waals surface area contributed by atoms with Crippen LogP contribution < -0.4 is 5.32 Å². The standard InChI is InChI=1S/C16H15FN4OS/c1-10-5-6-12(17)8-14(10)21-11(2)15(19-20-21)16(22)18-9-13-4-3-7-23-13/h3-8H,9H2,1-2H3,(H,18,22). The molecule has 0 unspecified atom stereocenters. The Morgan fingerprint density at radius 1 is 1.35 bits per heavy atom. The van der Waals surface area contributed by atoms with Gasteiger partial charge in [-0.25, -0.2) is 9.07 Å². The molecule has 1 aromatic carbocycles. The number of halogens is 1. The van der Waals surface area contributed by atoms with E-state index in [1.165, 1.54) is 16.8 Å².